The summed E-state index contributed by atoms with van der Waals surface area (Å²) in [5.41, 5.74) is 2.36. The van der Waals surface area contributed by atoms with Crippen LogP contribution in [0, 0.1) is 31.0 Å². The fourth-order valence-corrected chi connectivity index (χ4v) is 2.39. The molecule has 0 aliphatic heterocycles. The second-order valence-corrected chi connectivity index (χ2v) is 5.52. The Bertz CT molecular complexity index is 437. The third-order valence-electron chi connectivity index (χ3n) is 3.57. The lowest BCUT2D eigenvalue weighted by Gasteiger charge is -2.10. The number of Topliss-reactive ketones (excluding diaryl/α,β-unsaturated/α-hetero) is 1. The summed E-state index contributed by atoms with van der Waals surface area (Å²) in [6.07, 6.45) is 0.947. The number of ketones is 1. The van der Waals surface area contributed by atoms with E-state index < -0.39 is 0 Å². The molecule has 0 spiro atoms. The van der Waals surface area contributed by atoms with Crippen molar-refractivity contribution < 1.29 is 9.18 Å². The third kappa shape index (κ3) is 1.77. The van der Waals surface area contributed by atoms with Crippen LogP contribution in [0.2, 0.25) is 0 Å². The van der Waals surface area contributed by atoms with E-state index in [1.165, 1.54) is 12.1 Å². The van der Waals surface area contributed by atoms with Gasteiger partial charge in [0.15, 0.2) is 5.78 Å². The average molecular weight is 220 g/mol. The van der Waals surface area contributed by atoms with E-state index in [-0.39, 0.29) is 22.9 Å². The van der Waals surface area contributed by atoms with Crippen LogP contribution in [0.1, 0.15) is 41.8 Å². The van der Waals surface area contributed by atoms with Gasteiger partial charge in [-0.2, -0.15) is 0 Å². The highest BCUT2D eigenvalue weighted by atomic mass is 19.1. The fraction of sp³-hybridized carbons (Fsp3) is 0.500. The van der Waals surface area contributed by atoms with Gasteiger partial charge in [0, 0.05) is 11.5 Å². The first-order chi connectivity index (χ1) is 7.33. The quantitative estimate of drug-likeness (QED) is 0.695. The smallest absolute Gasteiger partial charge is 0.167 e. The van der Waals surface area contributed by atoms with Gasteiger partial charge < -0.3 is 0 Å². The molecule has 1 aromatic rings. The molecule has 0 aromatic heterocycles. The van der Waals surface area contributed by atoms with E-state index >= 15 is 0 Å². The zero-order valence-electron chi connectivity index (χ0n) is 10.2. The molecule has 2 rings (SSSR count). The molecule has 1 saturated carbocycles. The number of rotatable bonds is 2. The molecule has 16 heavy (non-hydrogen) atoms. The molecule has 0 N–H and O–H groups in total. The van der Waals surface area contributed by atoms with E-state index in [1.807, 2.05) is 0 Å². The molecular weight excluding hydrogens is 203 g/mol. The van der Waals surface area contributed by atoms with Crippen molar-refractivity contribution in [3.05, 3.63) is 34.6 Å². The number of benzene rings is 1. The molecule has 0 heterocycles. The summed E-state index contributed by atoms with van der Waals surface area (Å²) in [7, 11) is 0. The van der Waals surface area contributed by atoms with Crippen molar-refractivity contribution in [1.82, 2.24) is 0 Å². The van der Waals surface area contributed by atoms with E-state index in [9.17, 15) is 9.18 Å². The summed E-state index contributed by atoms with van der Waals surface area (Å²) in [6, 6.07) is 2.88. The lowest BCUT2D eigenvalue weighted by atomic mass is 9.94. The lowest BCUT2D eigenvalue weighted by molar-refractivity contribution is 0.0952. The Labute approximate surface area is 95.7 Å². The van der Waals surface area contributed by atoms with Gasteiger partial charge in [-0.15, -0.1) is 0 Å². The van der Waals surface area contributed by atoms with Crippen LogP contribution in [0.5, 0.6) is 0 Å². The van der Waals surface area contributed by atoms with Crippen LogP contribution < -0.4 is 0 Å². The van der Waals surface area contributed by atoms with Gasteiger partial charge in [-0.1, -0.05) is 13.8 Å². The molecule has 86 valence electrons. The van der Waals surface area contributed by atoms with Gasteiger partial charge in [0.05, 0.1) is 0 Å². The highest BCUT2D eigenvalue weighted by Gasteiger charge is 2.50. The van der Waals surface area contributed by atoms with Crippen LogP contribution in [0.3, 0.4) is 0 Å². The minimum absolute atomic E-state index is 0.121. The molecule has 2 heteroatoms. The molecule has 1 atom stereocenters. The fourth-order valence-electron chi connectivity index (χ4n) is 2.39. The van der Waals surface area contributed by atoms with E-state index in [4.69, 9.17) is 0 Å². The summed E-state index contributed by atoms with van der Waals surface area (Å²) < 4.78 is 13.1. The van der Waals surface area contributed by atoms with Crippen molar-refractivity contribution in [1.29, 1.82) is 0 Å². The van der Waals surface area contributed by atoms with Crippen LogP contribution in [0.4, 0.5) is 4.39 Å². The number of halogens is 1. The molecule has 0 saturated heterocycles. The van der Waals surface area contributed by atoms with Gasteiger partial charge in [-0.3, -0.25) is 4.79 Å². The Hall–Kier alpha value is -1.18. The van der Waals surface area contributed by atoms with Gasteiger partial charge in [0.25, 0.3) is 0 Å². The van der Waals surface area contributed by atoms with Crippen molar-refractivity contribution in [2.24, 2.45) is 11.3 Å². The standard InChI is InChI=1S/C14H17FO/c1-8-5-10(15)6-9(2)12(8)13(16)11-7-14(11,3)4/h5-6,11H,7H2,1-4H3. The van der Waals surface area contributed by atoms with Crippen molar-refractivity contribution in [3.8, 4) is 0 Å². The summed E-state index contributed by atoms with van der Waals surface area (Å²) in [5, 5.41) is 0. The zero-order chi connectivity index (χ0) is 12.1. The maximum absolute atomic E-state index is 13.1. The topological polar surface area (TPSA) is 17.1 Å². The Morgan fingerprint density at radius 3 is 2.12 bits per heavy atom. The molecule has 1 nitrogen and oxygen atoms in total. The van der Waals surface area contributed by atoms with Crippen LogP contribution >= 0.6 is 0 Å². The molecule has 1 fully saturated rings. The molecule has 1 aliphatic rings. The molecule has 1 aromatic carbocycles. The Morgan fingerprint density at radius 1 is 1.31 bits per heavy atom. The molecule has 1 aliphatic carbocycles. The van der Waals surface area contributed by atoms with Gasteiger partial charge in [0.1, 0.15) is 5.82 Å². The highest BCUT2D eigenvalue weighted by molar-refractivity contribution is 6.02. The molecule has 0 bridgehead atoms. The number of carbonyl (C=O) groups is 1. The summed E-state index contributed by atoms with van der Waals surface area (Å²) >= 11 is 0. The Balaban J connectivity index is 2.38. The molecule has 1 unspecified atom stereocenters. The Morgan fingerprint density at radius 2 is 1.75 bits per heavy atom. The first kappa shape index (κ1) is 11.3. The molecule has 0 radical (unpaired) electrons. The van der Waals surface area contributed by atoms with Gasteiger partial charge in [-0.25, -0.2) is 4.39 Å². The zero-order valence-corrected chi connectivity index (χ0v) is 10.2. The van der Waals surface area contributed by atoms with Crippen molar-refractivity contribution in [2.75, 3.05) is 0 Å². The summed E-state index contributed by atoms with van der Waals surface area (Å²) in [6.45, 7) is 7.81. The highest BCUT2D eigenvalue weighted by Crippen LogP contribution is 2.53. The second-order valence-electron chi connectivity index (χ2n) is 5.52. The molecular formula is C14H17FO. The maximum atomic E-state index is 13.1. The second kappa shape index (κ2) is 3.41. The minimum atomic E-state index is -0.262. The van der Waals surface area contributed by atoms with E-state index in [1.54, 1.807) is 13.8 Å². The maximum Gasteiger partial charge on any atom is 0.167 e. The van der Waals surface area contributed by atoms with Crippen LogP contribution in [-0.4, -0.2) is 5.78 Å². The largest absolute Gasteiger partial charge is 0.294 e. The van der Waals surface area contributed by atoms with Gasteiger partial charge in [-0.05, 0) is 48.9 Å². The SMILES string of the molecule is Cc1cc(F)cc(C)c1C(=O)C1CC1(C)C. The van der Waals surface area contributed by atoms with Crippen molar-refractivity contribution in [3.63, 3.8) is 0 Å². The predicted octanol–water partition coefficient (Wildman–Crippen LogP) is 3.67. The minimum Gasteiger partial charge on any atom is -0.294 e. The number of carbonyl (C=O) groups excluding carboxylic acids is 1. The van der Waals surface area contributed by atoms with E-state index in [0.717, 1.165) is 23.1 Å². The van der Waals surface area contributed by atoms with Gasteiger partial charge >= 0.3 is 0 Å². The van der Waals surface area contributed by atoms with Crippen molar-refractivity contribution >= 4 is 5.78 Å². The lowest BCUT2D eigenvalue weighted by Crippen LogP contribution is -2.10. The number of hydrogen-bond acceptors (Lipinski definition) is 1. The Kier molecular flexibility index (Phi) is 2.41. The van der Waals surface area contributed by atoms with Crippen LogP contribution in [0.25, 0.3) is 0 Å². The normalized spacial score (nSPS) is 21.9. The number of aryl methyl sites for hydroxylation is 2. The summed E-state index contributed by atoms with van der Waals surface area (Å²) in [5.74, 6) is 0.0389. The first-order valence-electron chi connectivity index (χ1n) is 5.64. The van der Waals surface area contributed by atoms with E-state index in [2.05, 4.69) is 13.8 Å². The van der Waals surface area contributed by atoms with E-state index in [0.29, 0.717) is 0 Å². The summed E-state index contributed by atoms with van der Waals surface area (Å²) in [4.78, 5) is 12.3. The number of hydrogen-bond donors (Lipinski definition) is 0. The monoisotopic (exact) mass is 220 g/mol. The third-order valence-corrected chi connectivity index (χ3v) is 3.57. The average Bonchev–Trinajstić information content (AvgIpc) is 2.73. The molecule has 0 amide bonds. The van der Waals surface area contributed by atoms with Gasteiger partial charge in [0.2, 0.25) is 0 Å². The van der Waals surface area contributed by atoms with Crippen molar-refractivity contribution in [2.45, 2.75) is 34.1 Å². The van der Waals surface area contributed by atoms with Crippen LogP contribution in [-0.2, 0) is 0 Å². The first-order valence-corrected chi connectivity index (χ1v) is 5.64. The predicted molar refractivity (Wildman–Crippen MR) is 62.1 cm³/mol. The van der Waals surface area contributed by atoms with Crippen LogP contribution in [0.15, 0.2) is 12.1 Å².